The standard InChI is InChI=1S/C24H30N2O3/c1-15-9-11-26(12-10-15)18-7-5-17(6-8-18)25-23(28)22-16(2)21-19(27)13-24(3,4)14-20(21)29-22/h5-8,15H,9-14H2,1-4H3,(H,25,28). The van der Waals surface area contributed by atoms with E-state index < -0.39 is 0 Å². The number of piperidine rings is 1. The van der Waals surface area contributed by atoms with Gasteiger partial charge in [0.2, 0.25) is 0 Å². The number of amides is 1. The Morgan fingerprint density at radius 3 is 2.45 bits per heavy atom. The van der Waals surface area contributed by atoms with Crippen molar-refractivity contribution in [3.63, 3.8) is 0 Å². The largest absolute Gasteiger partial charge is 0.455 e. The van der Waals surface area contributed by atoms with E-state index >= 15 is 0 Å². The van der Waals surface area contributed by atoms with E-state index in [1.165, 1.54) is 18.5 Å². The first-order valence-electron chi connectivity index (χ1n) is 10.6. The van der Waals surface area contributed by atoms with Crippen LogP contribution in [0.2, 0.25) is 0 Å². The molecule has 1 amide bonds. The lowest BCUT2D eigenvalue weighted by Crippen LogP contribution is -2.32. The summed E-state index contributed by atoms with van der Waals surface area (Å²) in [6.07, 6.45) is 3.59. The fourth-order valence-electron chi connectivity index (χ4n) is 4.51. The van der Waals surface area contributed by atoms with Crippen molar-refractivity contribution in [1.82, 2.24) is 0 Å². The summed E-state index contributed by atoms with van der Waals surface area (Å²) in [6.45, 7) is 10.4. The van der Waals surface area contributed by atoms with Crippen LogP contribution >= 0.6 is 0 Å². The maximum atomic E-state index is 12.8. The number of carbonyl (C=O) groups excluding carboxylic acids is 2. The van der Waals surface area contributed by atoms with E-state index in [9.17, 15) is 9.59 Å². The second-order valence-electron chi connectivity index (χ2n) is 9.47. The highest BCUT2D eigenvalue weighted by Gasteiger charge is 2.37. The molecule has 29 heavy (non-hydrogen) atoms. The first-order valence-corrected chi connectivity index (χ1v) is 10.6. The molecular formula is C24H30N2O3. The Morgan fingerprint density at radius 1 is 1.14 bits per heavy atom. The summed E-state index contributed by atoms with van der Waals surface area (Å²) in [5.74, 6) is 1.45. The van der Waals surface area contributed by atoms with E-state index in [1.54, 1.807) is 6.92 Å². The topological polar surface area (TPSA) is 62.6 Å². The number of hydrogen-bond donors (Lipinski definition) is 1. The highest BCUT2D eigenvalue weighted by atomic mass is 16.4. The predicted octanol–water partition coefficient (Wildman–Crippen LogP) is 5.23. The molecule has 0 radical (unpaired) electrons. The molecule has 0 spiro atoms. The predicted molar refractivity (Wildman–Crippen MR) is 115 cm³/mol. The molecule has 1 aliphatic carbocycles. The molecule has 5 nitrogen and oxygen atoms in total. The first-order chi connectivity index (χ1) is 13.7. The summed E-state index contributed by atoms with van der Waals surface area (Å²) in [5, 5.41) is 2.92. The highest BCUT2D eigenvalue weighted by Crippen LogP contribution is 2.38. The quantitative estimate of drug-likeness (QED) is 0.774. The van der Waals surface area contributed by atoms with E-state index in [1.807, 2.05) is 12.1 Å². The molecule has 1 fully saturated rings. The molecule has 1 aliphatic heterocycles. The minimum Gasteiger partial charge on any atom is -0.455 e. The maximum absolute atomic E-state index is 12.8. The molecule has 0 saturated carbocycles. The Hall–Kier alpha value is -2.56. The SMILES string of the molecule is Cc1c(C(=O)Nc2ccc(N3CCC(C)CC3)cc2)oc2c1C(=O)CC(C)(C)C2. The zero-order valence-electron chi connectivity index (χ0n) is 17.8. The normalized spacial score (nSPS) is 19.2. The number of benzene rings is 1. The number of rotatable bonds is 3. The summed E-state index contributed by atoms with van der Waals surface area (Å²) < 4.78 is 5.86. The Kier molecular flexibility index (Phi) is 5.01. The summed E-state index contributed by atoms with van der Waals surface area (Å²) in [6, 6.07) is 7.96. The average molecular weight is 395 g/mol. The second-order valence-corrected chi connectivity index (χ2v) is 9.47. The van der Waals surface area contributed by atoms with Crippen LogP contribution in [0.5, 0.6) is 0 Å². The van der Waals surface area contributed by atoms with Gasteiger partial charge in [-0.15, -0.1) is 0 Å². The molecule has 0 unspecified atom stereocenters. The van der Waals surface area contributed by atoms with Crippen LogP contribution < -0.4 is 10.2 Å². The van der Waals surface area contributed by atoms with Gasteiger partial charge in [0.05, 0.1) is 5.56 Å². The van der Waals surface area contributed by atoms with E-state index in [-0.39, 0.29) is 22.9 Å². The van der Waals surface area contributed by atoms with Crippen molar-refractivity contribution in [1.29, 1.82) is 0 Å². The van der Waals surface area contributed by atoms with Crippen LogP contribution in [-0.4, -0.2) is 24.8 Å². The van der Waals surface area contributed by atoms with Crippen LogP contribution in [0.25, 0.3) is 0 Å². The lowest BCUT2D eigenvalue weighted by Gasteiger charge is -2.32. The van der Waals surface area contributed by atoms with Crippen LogP contribution in [0.3, 0.4) is 0 Å². The molecule has 1 N–H and O–H groups in total. The lowest BCUT2D eigenvalue weighted by atomic mass is 9.76. The lowest BCUT2D eigenvalue weighted by molar-refractivity contribution is 0.0898. The van der Waals surface area contributed by atoms with E-state index in [2.05, 4.69) is 43.1 Å². The van der Waals surface area contributed by atoms with Crippen LogP contribution in [0.15, 0.2) is 28.7 Å². The summed E-state index contributed by atoms with van der Waals surface area (Å²) in [4.78, 5) is 27.7. The van der Waals surface area contributed by atoms with Crippen LogP contribution in [-0.2, 0) is 6.42 Å². The zero-order valence-corrected chi connectivity index (χ0v) is 17.8. The number of nitrogens with zero attached hydrogens (tertiary/aromatic N) is 1. The van der Waals surface area contributed by atoms with Gasteiger partial charge in [0.25, 0.3) is 5.91 Å². The Morgan fingerprint density at radius 2 is 1.79 bits per heavy atom. The summed E-state index contributed by atoms with van der Waals surface area (Å²) in [5.41, 5.74) is 3.03. The first kappa shape index (κ1) is 19.7. The van der Waals surface area contributed by atoms with Crippen molar-refractivity contribution in [2.24, 2.45) is 11.3 Å². The molecule has 0 atom stereocenters. The van der Waals surface area contributed by atoms with Crippen molar-refractivity contribution < 1.29 is 14.0 Å². The van der Waals surface area contributed by atoms with Gasteiger partial charge in [-0.2, -0.15) is 0 Å². The molecule has 1 aromatic heterocycles. The van der Waals surface area contributed by atoms with E-state index in [4.69, 9.17) is 4.42 Å². The smallest absolute Gasteiger partial charge is 0.291 e. The molecule has 1 saturated heterocycles. The fourth-order valence-corrected chi connectivity index (χ4v) is 4.51. The van der Waals surface area contributed by atoms with Crippen molar-refractivity contribution in [2.75, 3.05) is 23.3 Å². The Balaban J connectivity index is 1.48. The molecule has 4 rings (SSSR count). The van der Waals surface area contributed by atoms with Crippen molar-refractivity contribution in [2.45, 2.75) is 53.4 Å². The monoisotopic (exact) mass is 394 g/mol. The molecule has 0 bridgehead atoms. The van der Waals surface area contributed by atoms with Crippen LogP contribution in [0.4, 0.5) is 11.4 Å². The molecule has 2 aromatic rings. The molecule has 1 aromatic carbocycles. The van der Waals surface area contributed by atoms with Crippen LogP contribution in [0.1, 0.15) is 72.3 Å². The van der Waals surface area contributed by atoms with E-state index in [0.717, 1.165) is 24.7 Å². The molecular weight excluding hydrogens is 364 g/mol. The maximum Gasteiger partial charge on any atom is 0.291 e. The number of furan rings is 1. The number of Topliss-reactive ketones (excluding diaryl/α,β-unsaturated/α-hetero) is 1. The number of fused-ring (bicyclic) bond motifs is 1. The van der Waals surface area contributed by atoms with Gasteiger partial charge < -0.3 is 14.6 Å². The molecule has 154 valence electrons. The molecule has 5 heteroatoms. The van der Waals surface area contributed by atoms with Gasteiger partial charge in [-0.25, -0.2) is 0 Å². The average Bonchev–Trinajstić information content (AvgIpc) is 2.98. The van der Waals surface area contributed by atoms with Gasteiger partial charge in [0.15, 0.2) is 11.5 Å². The second kappa shape index (κ2) is 7.36. The van der Waals surface area contributed by atoms with Crippen molar-refractivity contribution >= 4 is 23.1 Å². The third-order valence-electron chi connectivity index (χ3n) is 6.26. The van der Waals surface area contributed by atoms with Gasteiger partial charge in [0, 0.05) is 42.9 Å². The number of hydrogen-bond acceptors (Lipinski definition) is 4. The fraction of sp³-hybridized carbons (Fsp3) is 0.500. The Bertz CT molecular complexity index is 932. The van der Waals surface area contributed by atoms with Gasteiger partial charge in [-0.05, 0) is 55.4 Å². The number of ketones is 1. The van der Waals surface area contributed by atoms with Gasteiger partial charge in [-0.3, -0.25) is 9.59 Å². The van der Waals surface area contributed by atoms with Gasteiger partial charge >= 0.3 is 0 Å². The van der Waals surface area contributed by atoms with Crippen LogP contribution in [0, 0.1) is 18.3 Å². The number of carbonyl (C=O) groups is 2. The molecule has 2 aliphatic rings. The van der Waals surface area contributed by atoms with Gasteiger partial charge in [-0.1, -0.05) is 20.8 Å². The number of nitrogens with one attached hydrogen (secondary N) is 1. The molecule has 2 heterocycles. The van der Waals surface area contributed by atoms with E-state index in [0.29, 0.717) is 29.7 Å². The third kappa shape index (κ3) is 3.96. The van der Waals surface area contributed by atoms with Gasteiger partial charge in [0.1, 0.15) is 5.76 Å². The minimum absolute atomic E-state index is 0.0664. The van der Waals surface area contributed by atoms with Crippen molar-refractivity contribution in [3.05, 3.63) is 46.9 Å². The Labute approximate surface area is 172 Å². The third-order valence-corrected chi connectivity index (χ3v) is 6.26. The summed E-state index contributed by atoms with van der Waals surface area (Å²) >= 11 is 0. The van der Waals surface area contributed by atoms with Crippen molar-refractivity contribution in [3.8, 4) is 0 Å². The zero-order chi connectivity index (χ0) is 20.8. The summed E-state index contributed by atoms with van der Waals surface area (Å²) in [7, 11) is 0. The number of anilines is 2. The highest BCUT2D eigenvalue weighted by molar-refractivity contribution is 6.07. The minimum atomic E-state index is -0.304.